The van der Waals surface area contributed by atoms with E-state index in [0.29, 0.717) is 53.1 Å². The first-order valence-corrected chi connectivity index (χ1v) is 15.5. The van der Waals surface area contributed by atoms with E-state index >= 15 is 0 Å². The largest absolute Gasteiger partial charge is 0.389 e. The number of fused-ring (bicyclic) bond motifs is 1. The number of hydrogen-bond donors (Lipinski definition) is 3. The number of halogens is 2. The second kappa shape index (κ2) is 12.1. The van der Waals surface area contributed by atoms with Gasteiger partial charge in [0.2, 0.25) is 5.91 Å². The summed E-state index contributed by atoms with van der Waals surface area (Å²) < 4.78 is 2.00. The molecule has 2 aromatic carbocycles. The number of aromatic nitrogens is 2. The Hall–Kier alpha value is -2.81. The molecule has 0 bridgehead atoms. The SMILES string of the molecule is CC1CCC(NC(=O)c2cc3nc(Cc4c(Cl)ccc(CNC(=O)C(C)(C)C)c4Cl)n(C)c3cc2N2CC(O)C2)CC1. The van der Waals surface area contributed by atoms with Crippen molar-refractivity contribution in [2.45, 2.75) is 78.5 Å². The van der Waals surface area contributed by atoms with E-state index in [9.17, 15) is 14.7 Å². The number of imidazole rings is 1. The van der Waals surface area contributed by atoms with Gasteiger partial charge < -0.3 is 25.2 Å². The van der Waals surface area contributed by atoms with Crippen LogP contribution in [-0.2, 0) is 24.8 Å². The number of carbonyl (C=O) groups excluding carboxylic acids is 2. The summed E-state index contributed by atoms with van der Waals surface area (Å²) in [6.45, 7) is 9.13. The number of nitrogens with one attached hydrogen (secondary N) is 2. The van der Waals surface area contributed by atoms with Crippen molar-refractivity contribution in [3.05, 3.63) is 56.8 Å². The van der Waals surface area contributed by atoms with E-state index in [1.807, 2.05) is 55.5 Å². The van der Waals surface area contributed by atoms with Crippen molar-refractivity contribution in [2.75, 3.05) is 18.0 Å². The van der Waals surface area contributed by atoms with Gasteiger partial charge in [-0.15, -0.1) is 0 Å². The lowest BCUT2D eigenvalue weighted by Gasteiger charge is -2.39. The number of carbonyl (C=O) groups is 2. The summed E-state index contributed by atoms with van der Waals surface area (Å²) in [7, 11) is 1.94. The quantitative estimate of drug-likeness (QED) is 0.321. The van der Waals surface area contributed by atoms with Crippen LogP contribution in [0.25, 0.3) is 11.0 Å². The van der Waals surface area contributed by atoms with E-state index in [-0.39, 0.29) is 17.9 Å². The van der Waals surface area contributed by atoms with E-state index in [1.54, 1.807) is 6.07 Å². The molecule has 3 aromatic rings. The topological polar surface area (TPSA) is 99.5 Å². The molecule has 0 unspecified atom stereocenters. The van der Waals surface area contributed by atoms with Gasteiger partial charge in [-0.2, -0.15) is 0 Å². The van der Waals surface area contributed by atoms with Gasteiger partial charge in [-0.3, -0.25) is 9.59 Å². The fourth-order valence-corrected chi connectivity index (χ4v) is 6.31. The second-order valence-corrected chi connectivity index (χ2v) is 13.8. The summed E-state index contributed by atoms with van der Waals surface area (Å²) >= 11 is 13.5. The Labute approximate surface area is 257 Å². The summed E-state index contributed by atoms with van der Waals surface area (Å²) in [6.07, 6.45) is 4.19. The zero-order valence-corrected chi connectivity index (χ0v) is 26.6. The number of nitrogens with zero attached hydrogens (tertiary/aromatic N) is 3. The summed E-state index contributed by atoms with van der Waals surface area (Å²) in [6, 6.07) is 7.66. The van der Waals surface area contributed by atoms with Gasteiger partial charge in [0.1, 0.15) is 5.82 Å². The number of benzene rings is 2. The Morgan fingerprint density at radius 1 is 1.10 bits per heavy atom. The predicted octanol–water partition coefficient (Wildman–Crippen LogP) is 5.62. The second-order valence-electron chi connectivity index (χ2n) is 13.0. The molecule has 0 spiro atoms. The Kier molecular flexibility index (Phi) is 8.80. The fraction of sp³-hybridized carbons (Fsp3) is 0.531. The number of hydrogen-bond acceptors (Lipinski definition) is 5. The van der Waals surface area contributed by atoms with Gasteiger partial charge in [0.15, 0.2) is 0 Å². The summed E-state index contributed by atoms with van der Waals surface area (Å²) in [5.74, 6) is 1.28. The lowest BCUT2D eigenvalue weighted by molar-refractivity contribution is -0.128. The summed E-state index contributed by atoms with van der Waals surface area (Å²) in [5, 5.41) is 17.2. The first-order valence-electron chi connectivity index (χ1n) is 14.8. The van der Waals surface area contributed by atoms with Crippen LogP contribution in [0, 0.1) is 11.3 Å². The van der Waals surface area contributed by atoms with Crippen LogP contribution in [0.4, 0.5) is 5.69 Å². The van der Waals surface area contributed by atoms with Crippen molar-refractivity contribution in [3.63, 3.8) is 0 Å². The molecular weight excluding hydrogens is 573 g/mol. The molecule has 42 heavy (non-hydrogen) atoms. The standard InChI is InChI=1S/C32H41Cl2N5O3/c1-18-6-9-20(10-7-18)36-30(41)23-12-25-27(14-26(23)39-16-21(40)17-39)38(5)28(37-25)13-22-24(33)11-8-19(29(22)34)15-35-31(42)32(2,3)4/h8,11-12,14,18,20-21,40H,6-7,9-10,13,15-17H2,1-5H3,(H,35,42)(H,36,41). The minimum absolute atomic E-state index is 0.0613. The first-order chi connectivity index (χ1) is 19.8. The molecule has 8 nitrogen and oxygen atoms in total. The number of anilines is 1. The number of rotatable bonds is 7. The lowest BCUT2D eigenvalue weighted by Crippen LogP contribution is -2.51. The minimum Gasteiger partial charge on any atom is -0.389 e. The number of aliphatic hydroxyl groups is 1. The maximum atomic E-state index is 13.6. The first kappa shape index (κ1) is 30.6. The molecule has 3 N–H and O–H groups in total. The normalized spacial score (nSPS) is 19.6. The molecule has 1 aliphatic heterocycles. The number of aryl methyl sites for hydroxylation is 1. The number of amides is 2. The molecule has 0 atom stereocenters. The fourth-order valence-electron chi connectivity index (χ4n) is 5.74. The van der Waals surface area contributed by atoms with Crippen LogP contribution in [0.2, 0.25) is 10.0 Å². The highest BCUT2D eigenvalue weighted by atomic mass is 35.5. The van der Waals surface area contributed by atoms with E-state index in [0.717, 1.165) is 53.8 Å². The summed E-state index contributed by atoms with van der Waals surface area (Å²) in [5.41, 5.74) is 3.97. The van der Waals surface area contributed by atoms with Gasteiger partial charge in [0, 0.05) is 49.6 Å². The third kappa shape index (κ3) is 6.41. The smallest absolute Gasteiger partial charge is 0.253 e. The molecule has 1 aliphatic carbocycles. The molecule has 2 fully saturated rings. The maximum Gasteiger partial charge on any atom is 0.253 e. The molecule has 5 rings (SSSR count). The minimum atomic E-state index is -0.507. The third-order valence-corrected chi connectivity index (χ3v) is 9.44. The third-order valence-electron chi connectivity index (χ3n) is 8.61. The maximum absolute atomic E-state index is 13.6. The van der Waals surface area contributed by atoms with Gasteiger partial charge in [-0.1, -0.05) is 57.0 Å². The Balaban J connectivity index is 1.44. The van der Waals surface area contributed by atoms with Crippen LogP contribution in [0.1, 0.15) is 80.7 Å². The van der Waals surface area contributed by atoms with E-state index in [4.69, 9.17) is 28.2 Å². The van der Waals surface area contributed by atoms with Crippen molar-refractivity contribution >= 4 is 51.7 Å². The Morgan fingerprint density at radius 2 is 1.79 bits per heavy atom. The lowest BCUT2D eigenvalue weighted by atomic mass is 9.87. The van der Waals surface area contributed by atoms with Crippen LogP contribution in [-0.4, -0.2) is 51.7 Å². The highest BCUT2D eigenvalue weighted by molar-refractivity contribution is 6.36. The van der Waals surface area contributed by atoms with Crippen LogP contribution >= 0.6 is 23.2 Å². The zero-order valence-electron chi connectivity index (χ0n) is 25.1. The highest BCUT2D eigenvalue weighted by Gasteiger charge is 2.30. The van der Waals surface area contributed by atoms with E-state index < -0.39 is 11.5 Å². The molecule has 2 aliphatic rings. The Bertz CT molecular complexity index is 1500. The number of β-amino-alcohol motifs (C(OH)–C–C–N with tert-alkyl or cyclic N) is 1. The molecule has 1 saturated carbocycles. The van der Waals surface area contributed by atoms with Gasteiger partial charge in [-0.05, 0) is 60.9 Å². The van der Waals surface area contributed by atoms with Crippen molar-refractivity contribution in [2.24, 2.45) is 18.4 Å². The predicted molar refractivity (Wildman–Crippen MR) is 168 cm³/mol. The van der Waals surface area contributed by atoms with Crippen LogP contribution in [0.5, 0.6) is 0 Å². The van der Waals surface area contributed by atoms with E-state index in [2.05, 4.69) is 17.6 Å². The van der Waals surface area contributed by atoms with Crippen molar-refractivity contribution in [3.8, 4) is 0 Å². The molecule has 1 aromatic heterocycles. The molecule has 1 saturated heterocycles. The molecule has 2 amide bonds. The monoisotopic (exact) mass is 613 g/mol. The van der Waals surface area contributed by atoms with E-state index in [1.165, 1.54) is 0 Å². The van der Waals surface area contributed by atoms with Crippen LogP contribution < -0.4 is 15.5 Å². The Morgan fingerprint density at radius 3 is 2.43 bits per heavy atom. The number of aliphatic hydroxyl groups excluding tert-OH is 1. The van der Waals surface area contributed by atoms with Gasteiger partial charge in [0.05, 0.1) is 33.4 Å². The molecule has 10 heteroatoms. The van der Waals surface area contributed by atoms with Gasteiger partial charge in [-0.25, -0.2) is 4.98 Å². The van der Waals surface area contributed by atoms with Crippen molar-refractivity contribution < 1.29 is 14.7 Å². The zero-order chi connectivity index (χ0) is 30.3. The molecular formula is C32H41Cl2N5O3. The summed E-state index contributed by atoms with van der Waals surface area (Å²) in [4.78, 5) is 32.9. The highest BCUT2D eigenvalue weighted by Crippen LogP contribution is 2.34. The molecule has 0 radical (unpaired) electrons. The van der Waals surface area contributed by atoms with Crippen LogP contribution in [0.15, 0.2) is 24.3 Å². The van der Waals surface area contributed by atoms with Gasteiger partial charge >= 0.3 is 0 Å². The average Bonchev–Trinajstić information content (AvgIpc) is 3.22. The molecule has 2 heterocycles. The van der Waals surface area contributed by atoms with Crippen LogP contribution in [0.3, 0.4) is 0 Å². The van der Waals surface area contributed by atoms with Gasteiger partial charge in [0.25, 0.3) is 5.91 Å². The van der Waals surface area contributed by atoms with Crippen molar-refractivity contribution in [1.82, 2.24) is 20.2 Å². The molecule has 226 valence electrons. The average molecular weight is 615 g/mol. The van der Waals surface area contributed by atoms with Crippen molar-refractivity contribution in [1.29, 1.82) is 0 Å².